The highest BCUT2D eigenvalue weighted by atomic mass is 35.5. The Labute approximate surface area is 124 Å². The highest BCUT2D eigenvalue weighted by molar-refractivity contribution is 7.89. The van der Waals surface area contributed by atoms with E-state index in [1.807, 2.05) is 0 Å². The largest absolute Gasteiger partial charge is 0.320 e. The number of halogens is 1. The first-order chi connectivity index (χ1) is 8.88. The normalized spacial score (nSPS) is 10.9. The highest BCUT2D eigenvalue weighted by Crippen LogP contribution is 2.21. The van der Waals surface area contributed by atoms with Crippen LogP contribution >= 0.6 is 12.4 Å². The van der Waals surface area contributed by atoms with Gasteiger partial charge in [0.1, 0.15) is 0 Å². The van der Waals surface area contributed by atoms with Crippen molar-refractivity contribution in [2.45, 2.75) is 18.2 Å². The van der Waals surface area contributed by atoms with Crippen molar-refractivity contribution in [1.29, 1.82) is 0 Å². The van der Waals surface area contributed by atoms with Crippen molar-refractivity contribution in [2.75, 3.05) is 20.1 Å². The number of nitro benzene ring substituents is 1. The van der Waals surface area contributed by atoms with E-state index in [1.54, 1.807) is 14.0 Å². The highest BCUT2D eigenvalue weighted by Gasteiger charge is 2.19. The fourth-order valence-corrected chi connectivity index (χ4v) is 2.60. The van der Waals surface area contributed by atoms with Gasteiger partial charge in [-0.15, -0.1) is 12.4 Å². The lowest BCUT2D eigenvalue weighted by atomic mass is 10.2. The van der Waals surface area contributed by atoms with Gasteiger partial charge in [-0.2, -0.15) is 0 Å². The van der Waals surface area contributed by atoms with E-state index in [9.17, 15) is 18.5 Å². The summed E-state index contributed by atoms with van der Waals surface area (Å²) in [5.74, 6) is 0. The van der Waals surface area contributed by atoms with Gasteiger partial charge in [0.05, 0.1) is 9.82 Å². The lowest BCUT2D eigenvalue weighted by Gasteiger charge is -2.07. The van der Waals surface area contributed by atoms with Gasteiger partial charge in [0, 0.05) is 18.2 Å². The van der Waals surface area contributed by atoms with Crippen molar-refractivity contribution in [3.63, 3.8) is 0 Å². The second kappa shape index (κ2) is 8.15. The predicted molar refractivity (Wildman–Crippen MR) is 78.8 cm³/mol. The van der Waals surface area contributed by atoms with Gasteiger partial charge in [-0.25, -0.2) is 13.1 Å². The van der Waals surface area contributed by atoms with Crippen LogP contribution in [0, 0.1) is 17.0 Å². The minimum absolute atomic E-state index is 0. The molecule has 0 aromatic heterocycles. The number of benzene rings is 1. The van der Waals surface area contributed by atoms with Gasteiger partial charge < -0.3 is 5.32 Å². The Kier molecular flexibility index (Phi) is 7.66. The maximum atomic E-state index is 11.9. The molecule has 0 aliphatic rings. The van der Waals surface area contributed by atoms with Crippen LogP contribution in [0.3, 0.4) is 0 Å². The lowest BCUT2D eigenvalue weighted by Crippen LogP contribution is -2.26. The first kappa shape index (κ1) is 18.8. The molecule has 0 atom stereocenters. The van der Waals surface area contributed by atoms with Crippen molar-refractivity contribution in [2.24, 2.45) is 0 Å². The molecule has 0 saturated carbocycles. The van der Waals surface area contributed by atoms with Gasteiger partial charge in [-0.05, 0) is 33.0 Å². The second-order valence-corrected chi connectivity index (χ2v) is 5.83. The van der Waals surface area contributed by atoms with Gasteiger partial charge in [0.15, 0.2) is 0 Å². The molecule has 0 amide bonds. The molecule has 0 unspecified atom stereocenters. The summed E-state index contributed by atoms with van der Waals surface area (Å²) in [6.45, 7) is 2.54. The molecular weight excluding hydrogens is 306 g/mol. The van der Waals surface area contributed by atoms with Crippen LogP contribution in [0.2, 0.25) is 0 Å². The minimum Gasteiger partial charge on any atom is -0.320 e. The van der Waals surface area contributed by atoms with Crippen LogP contribution in [0.15, 0.2) is 23.1 Å². The number of nitrogens with zero attached hydrogens (tertiary/aromatic N) is 1. The molecule has 1 rings (SSSR count). The SMILES string of the molecule is CNCCCNS(=O)(=O)c1ccc(C)c([N+](=O)[O-])c1.Cl. The third kappa shape index (κ3) is 5.04. The standard InChI is InChI=1S/C11H17N3O4S.ClH/c1-9-4-5-10(8-11(9)14(15)16)19(17,18)13-7-3-6-12-2;/h4-5,8,12-13H,3,6-7H2,1-2H3;1H. The maximum Gasteiger partial charge on any atom is 0.273 e. The van der Waals surface area contributed by atoms with Crippen LogP contribution in [0.4, 0.5) is 5.69 Å². The molecule has 0 bridgehead atoms. The Morgan fingerprint density at radius 3 is 2.50 bits per heavy atom. The molecule has 0 aliphatic heterocycles. The summed E-state index contributed by atoms with van der Waals surface area (Å²) in [5.41, 5.74) is 0.234. The topological polar surface area (TPSA) is 101 Å². The van der Waals surface area contributed by atoms with Gasteiger partial charge in [-0.3, -0.25) is 10.1 Å². The quantitative estimate of drug-likeness (QED) is 0.446. The number of hydrogen-bond donors (Lipinski definition) is 2. The zero-order chi connectivity index (χ0) is 14.5. The van der Waals surface area contributed by atoms with Crippen LogP contribution in [-0.2, 0) is 10.0 Å². The Morgan fingerprint density at radius 2 is 1.95 bits per heavy atom. The average molecular weight is 324 g/mol. The number of rotatable bonds is 7. The Balaban J connectivity index is 0.00000361. The zero-order valence-electron chi connectivity index (χ0n) is 11.3. The van der Waals surface area contributed by atoms with Crippen LogP contribution in [0.5, 0.6) is 0 Å². The van der Waals surface area contributed by atoms with Crippen molar-refractivity contribution < 1.29 is 13.3 Å². The minimum atomic E-state index is -3.70. The monoisotopic (exact) mass is 323 g/mol. The van der Waals surface area contributed by atoms with Crippen molar-refractivity contribution >= 4 is 28.1 Å². The molecule has 0 aliphatic carbocycles. The zero-order valence-corrected chi connectivity index (χ0v) is 12.9. The maximum absolute atomic E-state index is 11.9. The number of nitrogens with one attached hydrogen (secondary N) is 2. The summed E-state index contributed by atoms with van der Waals surface area (Å²) in [6.07, 6.45) is 0.643. The third-order valence-corrected chi connectivity index (χ3v) is 4.04. The van der Waals surface area contributed by atoms with Crippen LogP contribution in [0.1, 0.15) is 12.0 Å². The van der Waals surface area contributed by atoms with Gasteiger partial charge in [0.25, 0.3) is 5.69 Å². The fourth-order valence-electron chi connectivity index (χ4n) is 1.51. The molecule has 0 radical (unpaired) electrons. The number of aryl methyl sites for hydroxylation is 1. The number of nitro groups is 1. The number of hydrogen-bond acceptors (Lipinski definition) is 5. The molecule has 1 aromatic carbocycles. The first-order valence-corrected chi connectivity index (χ1v) is 7.26. The second-order valence-electron chi connectivity index (χ2n) is 4.06. The summed E-state index contributed by atoms with van der Waals surface area (Å²) < 4.78 is 26.3. The van der Waals surface area contributed by atoms with Crippen LogP contribution < -0.4 is 10.0 Å². The molecule has 1 aromatic rings. The van der Waals surface area contributed by atoms with Crippen molar-refractivity contribution in [1.82, 2.24) is 10.0 Å². The first-order valence-electron chi connectivity index (χ1n) is 5.78. The van der Waals surface area contributed by atoms with Crippen LogP contribution in [0.25, 0.3) is 0 Å². The molecule has 0 spiro atoms. The molecule has 20 heavy (non-hydrogen) atoms. The Bertz CT molecular complexity index is 563. The molecule has 114 valence electrons. The van der Waals surface area contributed by atoms with Crippen molar-refractivity contribution in [3.8, 4) is 0 Å². The summed E-state index contributed by atoms with van der Waals surface area (Å²) in [5, 5.41) is 13.7. The average Bonchev–Trinajstić information content (AvgIpc) is 2.34. The molecule has 0 fully saturated rings. The van der Waals surface area contributed by atoms with E-state index >= 15 is 0 Å². The van der Waals surface area contributed by atoms with Gasteiger partial charge in [0.2, 0.25) is 10.0 Å². The van der Waals surface area contributed by atoms with E-state index in [2.05, 4.69) is 10.0 Å². The molecule has 2 N–H and O–H groups in total. The van der Waals surface area contributed by atoms with Gasteiger partial charge in [-0.1, -0.05) is 6.07 Å². The fraction of sp³-hybridized carbons (Fsp3) is 0.455. The van der Waals surface area contributed by atoms with E-state index in [0.717, 1.165) is 6.07 Å². The number of sulfonamides is 1. The van der Waals surface area contributed by atoms with Crippen LogP contribution in [-0.4, -0.2) is 33.5 Å². The molecule has 9 heteroatoms. The summed E-state index contributed by atoms with van der Waals surface area (Å²) >= 11 is 0. The molecular formula is C11H18ClN3O4S. The third-order valence-electron chi connectivity index (χ3n) is 2.58. The summed E-state index contributed by atoms with van der Waals surface area (Å²) in [7, 11) is -1.92. The van der Waals surface area contributed by atoms with E-state index in [-0.39, 0.29) is 29.5 Å². The van der Waals surface area contributed by atoms with E-state index in [0.29, 0.717) is 18.5 Å². The van der Waals surface area contributed by atoms with Gasteiger partial charge >= 0.3 is 0 Å². The molecule has 0 saturated heterocycles. The van der Waals surface area contributed by atoms with E-state index in [4.69, 9.17) is 0 Å². The summed E-state index contributed by atoms with van der Waals surface area (Å²) in [4.78, 5) is 10.1. The van der Waals surface area contributed by atoms with E-state index in [1.165, 1.54) is 12.1 Å². The van der Waals surface area contributed by atoms with Crippen molar-refractivity contribution in [3.05, 3.63) is 33.9 Å². The molecule has 0 heterocycles. The smallest absolute Gasteiger partial charge is 0.273 e. The lowest BCUT2D eigenvalue weighted by molar-refractivity contribution is -0.385. The van der Waals surface area contributed by atoms with E-state index < -0.39 is 14.9 Å². The Hall–Kier alpha value is -1.22. The predicted octanol–water partition coefficient (Wildman–Crippen LogP) is 1.21. The Morgan fingerprint density at radius 1 is 1.30 bits per heavy atom. The molecule has 7 nitrogen and oxygen atoms in total. The summed E-state index contributed by atoms with van der Waals surface area (Å²) in [6, 6.07) is 3.87.